The second kappa shape index (κ2) is 44.5. The molecule has 41 heteroatoms. The Balaban J connectivity index is 0.708. The average Bonchev–Trinajstić information content (AvgIpc) is 0.753. The van der Waals surface area contributed by atoms with Gasteiger partial charge in [0.2, 0.25) is 0 Å². The lowest BCUT2D eigenvalue weighted by atomic mass is 9.84. The van der Waals surface area contributed by atoms with Crippen LogP contribution in [0.15, 0.2) is 137 Å². The van der Waals surface area contributed by atoms with Gasteiger partial charge in [-0.1, -0.05) is 178 Å². The highest BCUT2D eigenvalue weighted by Crippen LogP contribution is 2.43. The molecule has 8 aliphatic heterocycles. The molecule has 0 spiro atoms. The van der Waals surface area contributed by atoms with Crippen LogP contribution in [0.1, 0.15) is 89.5 Å². The first-order valence-corrected chi connectivity index (χ1v) is 43.0. The van der Waals surface area contributed by atoms with Crippen LogP contribution in [-0.4, -0.2) is 256 Å². The summed E-state index contributed by atoms with van der Waals surface area (Å²) in [6.45, 7) is 8.75. The zero-order chi connectivity index (χ0) is 85.0. The normalized spacial score (nSPS) is 37.6. The minimum Gasteiger partial charge on any atom is -0.394 e. The molecule has 4 N–H and O–H groups in total. The third-order valence-corrected chi connectivity index (χ3v) is 24.1. The first kappa shape index (κ1) is 92.8. The Kier molecular flexibility index (Phi) is 34.4. The molecule has 8 saturated heterocycles. The van der Waals surface area contributed by atoms with E-state index in [4.69, 9.17) is 103 Å². The first-order valence-electron chi connectivity index (χ1n) is 40.3. The Morgan fingerprint density at radius 2 is 0.658 bits per heavy atom. The Morgan fingerprint density at radius 1 is 0.375 bits per heavy atom. The Bertz CT molecular complexity index is 4190. The molecule has 0 saturated carbocycles. The molecule has 32 atom stereocenters. The Labute approximate surface area is 696 Å². The van der Waals surface area contributed by atoms with Crippen LogP contribution in [0.25, 0.3) is 31.3 Å². The average molecular weight is 1730 g/mol. The smallest absolute Gasteiger partial charge is 0.394 e. The molecular weight excluding hydrogens is 1620 g/mol. The van der Waals surface area contributed by atoms with Gasteiger partial charge in [-0.3, -0.25) is 9.11 Å². The Hall–Kier alpha value is -6.33. The van der Waals surface area contributed by atoms with Crippen molar-refractivity contribution < 1.29 is 139 Å². The van der Waals surface area contributed by atoms with Crippen LogP contribution < -0.4 is 0 Å². The van der Waals surface area contributed by atoms with E-state index in [0.29, 0.717) is 6.61 Å². The number of hydrogen-bond donors (Lipinski definition) is 4. The summed E-state index contributed by atoms with van der Waals surface area (Å²) < 4.78 is 207. The molecule has 39 nitrogen and oxygen atoms in total. The van der Waals surface area contributed by atoms with E-state index in [-0.39, 0.29) is 95.8 Å². The quantitative estimate of drug-likeness (QED) is 0.0141. The lowest BCUT2D eigenvalue weighted by Gasteiger charge is -2.49. The second-order valence-corrected chi connectivity index (χ2v) is 33.5. The zero-order valence-electron chi connectivity index (χ0n) is 67.6. The fraction of sp³-hybridized carbons (Fsp3) is 0.696. The maximum absolute atomic E-state index is 12.2. The predicted octanol–water partition coefficient (Wildman–Crippen LogP) is 9.03. The van der Waals surface area contributed by atoms with E-state index in [1.54, 1.807) is 20.8 Å². The molecule has 4 aromatic carbocycles. The van der Waals surface area contributed by atoms with Crippen molar-refractivity contribution in [1.82, 2.24) is 0 Å². The van der Waals surface area contributed by atoms with Crippen LogP contribution in [0.5, 0.6) is 0 Å². The zero-order valence-corrected chi connectivity index (χ0v) is 69.2. The van der Waals surface area contributed by atoms with E-state index in [2.05, 4.69) is 30.1 Å². The van der Waals surface area contributed by atoms with Crippen molar-refractivity contribution in [1.29, 1.82) is 0 Å². The van der Waals surface area contributed by atoms with Crippen LogP contribution in [0.4, 0.5) is 0 Å². The van der Waals surface area contributed by atoms with Gasteiger partial charge in [-0.15, -0.1) is 0 Å². The second-order valence-electron chi connectivity index (χ2n) is 31.3. The summed E-state index contributed by atoms with van der Waals surface area (Å²) in [6, 6.07) is 34.3. The number of aliphatic hydroxyl groups is 2. The molecule has 0 bridgehead atoms. The minimum atomic E-state index is -5.02. The van der Waals surface area contributed by atoms with E-state index in [9.17, 15) is 52.7 Å². The molecule has 8 fully saturated rings. The number of azide groups is 3. The van der Waals surface area contributed by atoms with E-state index in [1.165, 1.54) is 7.11 Å². The lowest BCUT2D eigenvalue weighted by molar-refractivity contribution is -0.347. The predicted molar refractivity (Wildman–Crippen MR) is 416 cm³/mol. The van der Waals surface area contributed by atoms with Crippen molar-refractivity contribution >= 4 is 20.8 Å². The molecule has 8 heterocycles. The molecule has 8 unspecified atom stereocenters. The van der Waals surface area contributed by atoms with E-state index in [0.717, 1.165) is 22.3 Å². The third-order valence-electron chi connectivity index (χ3n) is 23.2. The van der Waals surface area contributed by atoms with Crippen LogP contribution in [0, 0.1) is 35.5 Å². The Morgan fingerprint density at radius 3 is 0.967 bits per heavy atom. The van der Waals surface area contributed by atoms with Gasteiger partial charge < -0.3 is 105 Å². The highest BCUT2D eigenvalue weighted by molar-refractivity contribution is 7.81. The number of nitrogens with zero attached hydrogens (tertiary/aromatic N) is 9. The van der Waals surface area contributed by atoms with Crippen LogP contribution in [0.3, 0.4) is 0 Å². The van der Waals surface area contributed by atoms with Gasteiger partial charge in [-0.25, -0.2) is 8.37 Å². The summed E-state index contributed by atoms with van der Waals surface area (Å²) in [4.78, 5) is 9.55. The van der Waals surface area contributed by atoms with Gasteiger partial charge >= 0.3 is 20.8 Å². The fourth-order valence-electron chi connectivity index (χ4n) is 16.4. The van der Waals surface area contributed by atoms with E-state index < -0.39 is 219 Å². The van der Waals surface area contributed by atoms with Crippen molar-refractivity contribution in [3.8, 4) is 0 Å². The van der Waals surface area contributed by atoms with Crippen LogP contribution in [-0.2, 0) is 150 Å². The van der Waals surface area contributed by atoms with Crippen molar-refractivity contribution in [2.24, 2.45) is 50.9 Å². The van der Waals surface area contributed by atoms with Gasteiger partial charge in [0.15, 0.2) is 50.3 Å². The molecule has 0 aliphatic carbocycles. The summed E-state index contributed by atoms with van der Waals surface area (Å²) in [7, 11) is -8.43. The maximum atomic E-state index is 12.2. The topological polar surface area (TPSA) is 499 Å². The van der Waals surface area contributed by atoms with Crippen molar-refractivity contribution in [2.45, 2.75) is 254 Å². The molecule has 12 rings (SSSR count). The van der Waals surface area contributed by atoms with Crippen molar-refractivity contribution in [2.75, 3.05) is 60.0 Å². The fourth-order valence-corrected chi connectivity index (χ4v) is 17.0. The largest absolute Gasteiger partial charge is 0.397 e. The summed E-state index contributed by atoms with van der Waals surface area (Å²) in [5, 5.41) is 34.9. The first-order chi connectivity index (χ1) is 57.9. The molecule has 120 heavy (non-hydrogen) atoms. The molecule has 8 aliphatic rings. The number of aliphatic hydroxyl groups excluding tert-OH is 2. The SMILES string of the molecule is CO[C@H]1OC(COS(=O)(=O)O)[C@@H](O[C@H]2C[C@H](OCc3ccccc3)[C@H](O[C@H]3OC(CO)[C@H](O[C@H]4C[C@H](OCc5ccccc5)[C@H](O[C@H]5OC(CO)[C@@H](O[C@H]6C[C@H](OCc7ccccc7)[C@H](O[C@@H]7OC(COS(=O)(=O)O)[C@H](O[C@H]8C[C@H](OCc9ccccc9)[C@H](C)CO8)[C@H](C)C7N=[N+]=[N-])CO6)[C@H](C)C5N=[N+]=[N-])CO4)[C@H](C)C3N=[N+]=[N-])CO2)[C@H](C)C1C. The van der Waals surface area contributed by atoms with E-state index in [1.807, 2.05) is 142 Å². The lowest BCUT2D eigenvalue weighted by Crippen LogP contribution is -2.60. The van der Waals surface area contributed by atoms with Gasteiger partial charge in [-0.2, -0.15) is 16.8 Å². The standard InChI is InChI=1S/C79H109N9O30S2/c1-44-34-102-65(28-54(44)98-35-50-20-12-8-13-21-50)118-75-49(6)71(85-88-82)79(114-64(75)43-107-120(94,95)96)112-62-41-105-68(31-57(62)101-38-53-26-18-11-19-27-53)117-74-48(5)70(84-87-81)78(109-59(74)33-90)111-61-40-104-67(30-56(61)100-37-52-24-16-10-17-25-52)116-73-47(4)69(83-86-80)77(108-58(73)32-89)110-60-39-103-66(29-55(60)99-36-51-22-14-9-15-23-51)115-72-45(2)46(3)76(97-7)113-63(72)42-106-119(91,92)93/h8-27,44-49,54-79,89-90H,28-43H2,1-7H3,(H,91,92,93)(H,94,95,96)/t44-,45-,46?,47-,48-,49-,54+,55+,56+,57+,58?,59?,60-,61-,62-,63?,64?,65+,66+,67+,68+,69?,70?,71?,72+,73-,74+,75-,76+,77-,78-,79-/m1/s1. The van der Waals surface area contributed by atoms with Crippen molar-refractivity contribution in [3.05, 3.63) is 175 Å². The molecular formula is C79H109N9O30S2. The molecule has 0 aromatic heterocycles. The number of hydrogen-bond acceptors (Lipinski definition) is 31. The molecule has 4 aromatic rings. The number of rotatable bonds is 38. The highest BCUT2D eigenvalue weighted by atomic mass is 32.3. The van der Waals surface area contributed by atoms with Gasteiger partial charge in [0.25, 0.3) is 0 Å². The van der Waals surface area contributed by atoms with Gasteiger partial charge in [0, 0.05) is 59.4 Å². The van der Waals surface area contributed by atoms with E-state index >= 15 is 0 Å². The third kappa shape index (κ3) is 25.3. The van der Waals surface area contributed by atoms with Gasteiger partial charge in [0.1, 0.15) is 42.7 Å². The summed E-state index contributed by atoms with van der Waals surface area (Å²) in [5.41, 5.74) is 33.9. The monoisotopic (exact) mass is 1730 g/mol. The summed E-state index contributed by atoms with van der Waals surface area (Å²) >= 11 is 0. The van der Waals surface area contributed by atoms with Crippen LogP contribution in [0.2, 0.25) is 0 Å². The summed E-state index contributed by atoms with van der Waals surface area (Å²) in [6.07, 6.45) is -22.7. The highest BCUT2D eigenvalue weighted by Gasteiger charge is 2.55. The van der Waals surface area contributed by atoms with Gasteiger partial charge in [-0.05, 0) is 62.5 Å². The molecule has 662 valence electrons. The summed E-state index contributed by atoms with van der Waals surface area (Å²) in [5.74, 6) is -2.85. The number of benzene rings is 4. The van der Waals surface area contributed by atoms with Gasteiger partial charge in [0.05, 0.1) is 146 Å². The van der Waals surface area contributed by atoms with Crippen LogP contribution >= 0.6 is 0 Å². The maximum Gasteiger partial charge on any atom is 0.397 e. The number of methoxy groups -OCH3 is 1. The van der Waals surface area contributed by atoms with Crippen molar-refractivity contribution in [3.63, 3.8) is 0 Å². The number of ether oxygens (including phenoxy) is 20. The molecule has 0 amide bonds. The minimum absolute atomic E-state index is 0.00102. The molecule has 0 radical (unpaired) electrons.